The van der Waals surface area contributed by atoms with Crippen LogP contribution in [0.2, 0.25) is 5.02 Å². The van der Waals surface area contributed by atoms with E-state index in [0.29, 0.717) is 0 Å². The molecule has 2 nitrogen and oxygen atoms in total. The molecule has 0 radical (unpaired) electrons. The van der Waals surface area contributed by atoms with Gasteiger partial charge in [0.15, 0.2) is 0 Å². The number of halogens is 1. The van der Waals surface area contributed by atoms with E-state index in [0.717, 1.165) is 24.6 Å². The highest BCUT2D eigenvalue weighted by Gasteiger charge is 2.26. The Hall–Kier alpha value is -0.570. The van der Waals surface area contributed by atoms with Crippen LogP contribution >= 0.6 is 11.6 Å². The molecule has 1 aliphatic rings. The first-order chi connectivity index (χ1) is 7.55. The Morgan fingerprint density at radius 1 is 1.50 bits per heavy atom. The SMILES string of the molecule is CC1(C)CNC(Cc2cccc(Cl)c2)OC1. The Kier molecular flexibility index (Phi) is 3.53. The zero-order chi connectivity index (χ0) is 11.6. The molecule has 1 aliphatic heterocycles. The predicted molar refractivity (Wildman–Crippen MR) is 66.7 cm³/mol. The summed E-state index contributed by atoms with van der Waals surface area (Å²) in [6.45, 7) is 6.22. The molecule has 1 unspecified atom stereocenters. The molecule has 88 valence electrons. The first-order valence-corrected chi connectivity index (χ1v) is 6.02. The second kappa shape index (κ2) is 4.74. The van der Waals surface area contributed by atoms with Gasteiger partial charge in [-0.2, -0.15) is 0 Å². The molecular weight excluding hydrogens is 222 g/mol. The van der Waals surface area contributed by atoms with Crippen LogP contribution in [-0.2, 0) is 11.2 Å². The zero-order valence-electron chi connectivity index (χ0n) is 9.79. The Bertz CT molecular complexity index is 355. The van der Waals surface area contributed by atoms with Crippen LogP contribution in [0.1, 0.15) is 19.4 Å². The van der Waals surface area contributed by atoms with Crippen molar-refractivity contribution in [2.75, 3.05) is 13.2 Å². The summed E-state index contributed by atoms with van der Waals surface area (Å²) in [5, 5.41) is 4.20. The van der Waals surface area contributed by atoms with E-state index >= 15 is 0 Å². The fourth-order valence-electron chi connectivity index (χ4n) is 1.84. The van der Waals surface area contributed by atoms with Crippen molar-refractivity contribution in [3.8, 4) is 0 Å². The molecule has 1 N–H and O–H groups in total. The van der Waals surface area contributed by atoms with E-state index in [-0.39, 0.29) is 11.6 Å². The monoisotopic (exact) mass is 239 g/mol. The number of benzene rings is 1. The lowest BCUT2D eigenvalue weighted by Crippen LogP contribution is -2.48. The third kappa shape index (κ3) is 3.21. The van der Waals surface area contributed by atoms with Gasteiger partial charge in [-0.1, -0.05) is 37.6 Å². The summed E-state index contributed by atoms with van der Waals surface area (Å²) in [5.41, 5.74) is 1.45. The van der Waals surface area contributed by atoms with E-state index in [1.54, 1.807) is 0 Å². The highest BCUT2D eigenvalue weighted by Crippen LogP contribution is 2.21. The van der Waals surface area contributed by atoms with E-state index < -0.39 is 0 Å². The van der Waals surface area contributed by atoms with Crippen LogP contribution in [0.3, 0.4) is 0 Å². The lowest BCUT2D eigenvalue weighted by atomic mass is 9.93. The minimum absolute atomic E-state index is 0.117. The van der Waals surface area contributed by atoms with Gasteiger partial charge in [0.05, 0.1) is 6.61 Å². The van der Waals surface area contributed by atoms with Gasteiger partial charge in [0.1, 0.15) is 6.23 Å². The molecule has 0 aromatic heterocycles. The van der Waals surface area contributed by atoms with Crippen LogP contribution in [0.25, 0.3) is 0 Å². The number of nitrogens with one attached hydrogen (secondary N) is 1. The third-order valence-corrected chi connectivity index (χ3v) is 3.03. The van der Waals surface area contributed by atoms with Gasteiger partial charge in [-0.25, -0.2) is 0 Å². The van der Waals surface area contributed by atoms with Crippen LogP contribution in [0.15, 0.2) is 24.3 Å². The molecule has 0 bridgehead atoms. The molecule has 1 aromatic carbocycles. The van der Waals surface area contributed by atoms with Crippen LogP contribution in [0, 0.1) is 5.41 Å². The summed E-state index contributed by atoms with van der Waals surface area (Å²) in [4.78, 5) is 0. The summed E-state index contributed by atoms with van der Waals surface area (Å²) < 4.78 is 5.78. The van der Waals surface area contributed by atoms with E-state index in [2.05, 4.69) is 25.2 Å². The predicted octanol–water partition coefficient (Wildman–Crippen LogP) is 2.85. The molecule has 1 aromatic rings. The van der Waals surface area contributed by atoms with Crippen LogP contribution in [0.4, 0.5) is 0 Å². The molecule has 1 atom stereocenters. The lowest BCUT2D eigenvalue weighted by molar-refractivity contribution is -0.0566. The van der Waals surface area contributed by atoms with Crippen molar-refractivity contribution >= 4 is 11.6 Å². The molecule has 0 aliphatic carbocycles. The largest absolute Gasteiger partial charge is 0.362 e. The molecule has 16 heavy (non-hydrogen) atoms. The Morgan fingerprint density at radius 3 is 2.94 bits per heavy atom. The average molecular weight is 240 g/mol. The van der Waals surface area contributed by atoms with Gasteiger partial charge in [0.25, 0.3) is 0 Å². The van der Waals surface area contributed by atoms with Gasteiger partial charge >= 0.3 is 0 Å². The van der Waals surface area contributed by atoms with Crippen molar-refractivity contribution in [1.29, 1.82) is 0 Å². The number of ether oxygens (including phenoxy) is 1. The minimum atomic E-state index is 0.117. The zero-order valence-corrected chi connectivity index (χ0v) is 10.6. The molecule has 1 heterocycles. The van der Waals surface area contributed by atoms with E-state index in [1.165, 1.54) is 5.56 Å². The standard InChI is InChI=1S/C13H18ClNO/c1-13(2)8-15-12(16-9-13)7-10-4-3-5-11(14)6-10/h3-6,12,15H,7-9H2,1-2H3. The molecule has 2 rings (SSSR count). The number of hydrogen-bond donors (Lipinski definition) is 1. The van der Waals surface area contributed by atoms with E-state index in [9.17, 15) is 0 Å². The summed E-state index contributed by atoms with van der Waals surface area (Å²) in [6.07, 6.45) is 0.989. The van der Waals surface area contributed by atoms with Gasteiger partial charge < -0.3 is 4.74 Å². The highest BCUT2D eigenvalue weighted by molar-refractivity contribution is 6.30. The van der Waals surface area contributed by atoms with Crippen molar-refractivity contribution in [2.24, 2.45) is 5.41 Å². The van der Waals surface area contributed by atoms with Crippen molar-refractivity contribution in [2.45, 2.75) is 26.5 Å². The van der Waals surface area contributed by atoms with Gasteiger partial charge in [0.2, 0.25) is 0 Å². The van der Waals surface area contributed by atoms with Crippen LogP contribution in [0.5, 0.6) is 0 Å². The Morgan fingerprint density at radius 2 is 2.31 bits per heavy atom. The molecule has 1 fully saturated rings. The van der Waals surface area contributed by atoms with Gasteiger partial charge in [0, 0.05) is 23.4 Å². The summed E-state index contributed by atoms with van der Waals surface area (Å²) >= 11 is 5.95. The first kappa shape index (κ1) is 11.9. The van der Waals surface area contributed by atoms with Gasteiger partial charge in [-0.15, -0.1) is 0 Å². The van der Waals surface area contributed by atoms with E-state index in [4.69, 9.17) is 16.3 Å². The quantitative estimate of drug-likeness (QED) is 0.857. The summed E-state index contributed by atoms with van der Waals surface area (Å²) in [7, 11) is 0. The first-order valence-electron chi connectivity index (χ1n) is 5.65. The van der Waals surface area contributed by atoms with Crippen molar-refractivity contribution < 1.29 is 4.74 Å². The summed E-state index contributed by atoms with van der Waals surface area (Å²) in [5.74, 6) is 0. The smallest absolute Gasteiger partial charge is 0.112 e. The second-order valence-corrected chi connectivity index (χ2v) is 5.62. The minimum Gasteiger partial charge on any atom is -0.362 e. The molecule has 1 saturated heterocycles. The maximum absolute atomic E-state index is 5.95. The number of hydrogen-bond acceptors (Lipinski definition) is 2. The van der Waals surface area contributed by atoms with Crippen LogP contribution in [-0.4, -0.2) is 19.4 Å². The van der Waals surface area contributed by atoms with Crippen molar-refractivity contribution in [3.05, 3.63) is 34.9 Å². The van der Waals surface area contributed by atoms with Crippen molar-refractivity contribution in [3.63, 3.8) is 0 Å². The van der Waals surface area contributed by atoms with Gasteiger partial charge in [-0.3, -0.25) is 5.32 Å². The summed E-state index contributed by atoms with van der Waals surface area (Å²) in [6, 6.07) is 7.94. The van der Waals surface area contributed by atoms with Crippen molar-refractivity contribution in [1.82, 2.24) is 5.32 Å². The van der Waals surface area contributed by atoms with Gasteiger partial charge in [-0.05, 0) is 17.7 Å². The maximum Gasteiger partial charge on any atom is 0.112 e. The lowest BCUT2D eigenvalue weighted by Gasteiger charge is -2.35. The fourth-order valence-corrected chi connectivity index (χ4v) is 2.05. The number of rotatable bonds is 2. The Balaban J connectivity index is 1.92. The molecule has 0 amide bonds. The fraction of sp³-hybridized carbons (Fsp3) is 0.538. The third-order valence-electron chi connectivity index (χ3n) is 2.79. The molecule has 0 saturated carbocycles. The topological polar surface area (TPSA) is 21.3 Å². The Labute approximate surface area is 102 Å². The highest BCUT2D eigenvalue weighted by atomic mass is 35.5. The molecule has 0 spiro atoms. The maximum atomic E-state index is 5.95. The van der Waals surface area contributed by atoms with E-state index in [1.807, 2.05) is 18.2 Å². The second-order valence-electron chi connectivity index (χ2n) is 5.18. The normalized spacial score (nSPS) is 24.3. The average Bonchev–Trinajstić information content (AvgIpc) is 2.21. The molecule has 3 heteroatoms. The molecular formula is C13H18ClNO. The van der Waals surface area contributed by atoms with Crippen LogP contribution < -0.4 is 5.32 Å².